The van der Waals surface area contributed by atoms with Crippen molar-refractivity contribution >= 4 is 5.95 Å². The lowest BCUT2D eigenvalue weighted by molar-refractivity contribution is 0.400. The Morgan fingerprint density at radius 2 is 1.83 bits per heavy atom. The van der Waals surface area contributed by atoms with Crippen LogP contribution in [-0.2, 0) is 6.42 Å². The van der Waals surface area contributed by atoms with Crippen LogP contribution in [0.25, 0.3) is 11.3 Å². The smallest absolute Gasteiger partial charge is 0.270 e. The number of nitrogens with one attached hydrogen (secondary N) is 1. The zero-order valence-electron chi connectivity index (χ0n) is 17.0. The molecule has 6 heteroatoms. The second-order valence-corrected chi connectivity index (χ2v) is 7.57. The molecule has 0 aliphatic carbocycles. The van der Waals surface area contributed by atoms with Gasteiger partial charge in [-0.25, -0.2) is 4.98 Å². The van der Waals surface area contributed by atoms with E-state index in [2.05, 4.69) is 39.1 Å². The first-order chi connectivity index (χ1) is 14.7. The fraction of sp³-hybridized carbons (Fsp3) is 0.292. The molecular formula is C24H24N4O2. The Bertz CT molecular complexity index is 1090. The molecule has 0 unspecified atom stereocenters. The molecule has 1 aromatic heterocycles. The van der Waals surface area contributed by atoms with Gasteiger partial charge in [0.1, 0.15) is 17.4 Å². The number of ether oxygens (including phenoxy) is 1. The standard InChI is InChI=1S/C24H24N4O2/c1-30-20-9-7-19(8-10-20)22-21(16-25)23(29)27-24(26-22)28-13-11-18(12-14-28)15-17-5-3-2-4-6-17/h2-10,18H,11-15H2,1H3,(H,26,27,29). The van der Waals surface area contributed by atoms with E-state index >= 15 is 0 Å². The topological polar surface area (TPSA) is 82.0 Å². The summed E-state index contributed by atoms with van der Waals surface area (Å²) in [7, 11) is 1.60. The summed E-state index contributed by atoms with van der Waals surface area (Å²) in [6.45, 7) is 1.66. The third-order valence-corrected chi connectivity index (χ3v) is 5.66. The molecule has 3 aromatic rings. The number of aromatic nitrogens is 2. The maximum Gasteiger partial charge on any atom is 0.270 e. The molecule has 30 heavy (non-hydrogen) atoms. The van der Waals surface area contributed by atoms with Crippen molar-refractivity contribution in [2.45, 2.75) is 19.3 Å². The van der Waals surface area contributed by atoms with Gasteiger partial charge in [-0.2, -0.15) is 5.26 Å². The first-order valence-electron chi connectivity index (χ1n) is 10.2. The van der Waals surface area contributed by atoms with E-state index in [0.29, 0.717) is 23.3 Å². The number of anilines is 1. The van der Waals surface area contributed by atoms with Crippen LogP contribution in [0.15, 0.2) is 59.4 Å². The Morgan fingerprint density at radius 1 is 1.13 bits per heavy atom. The van der Waals surface area contributed by atoms with Gasteiger partial charge in [0.25, 0.3) is 5.56 Å². The van der Waals surface area contributed by atoms with Gasteiger partial charge in [0.05, 0.1) is 12.8 Å². The lowest BCUT2D eigenvalue weighted by Crippen LogP contribution is -2.36. The number of benzene rings is 2. The summed E-state index contributed by atoms with van der Waals surface area (Å²) in [5.74, 6) is 1.86. The van der Waals surface area contributed by atoms with E-state index < -0.39 is 5.56 Å². The van der Waals surface area contributed by atoms with Crippen molar-refractivity contribution in [3.05, 3.63) is 76.1 Å². The first-order valence-corrected chi connectivity index (χ1v) is 10.2. The molecule has 4 rings (SSSR count). The first kappa shape index (κ1) is 19.7. The van der Waals surface area contributed by atoms with Crippen LogP contribution in [0.2, 0.25) is 0 Å². The molecule has 0 saturated carbocycles. The van der Waals surface area contributed by atoms with Gasteiger partial charge in [-0.05, 0) is 55.0 Å². The number of nitrogens with zero attached hydrogens (tertiary/aromatic N) is 3. The minimum Gasteiger partial charge on any atom is -0.497 e. The average Bonchev–Trinajstić information content (AvgIpc) is 2.80. The summed E-state index contributed by atoms with van der Waals surface area (Å²) < 4.78 is 5.20. The molecule has 1 aliphatic rings. The predicted molar refractivity (Wildman–Crippen MR) is 117 cm³/mol. The summed E-state index contributed by atoms with van der Waals surface area (Å²) in [6.07, 6.45) is 3.15. The summed E-state index contributed by atoms with van der Waals surface area (Å²) >= 11 is 0. The van der Waals surface area contributed by atoms with Crippen LogP contribution in [0.1, 0.15) is 24.0 Å². The van der Waals surface area contributed by atoms with Gasteiger partial charge in [-0.3, -0.25) is 9.78 Å². The normalized spacial score (nSPS) is 14.3. The van der Waals surface area contributed by atoms with Gasteiger partial charge >= 0.3 is 0 Å². The summed E-state index contributed by atoms with van der Waals surface area (Å²) in [4.78, 5) is 22.2. The fourth-order valence-corrected chi connectivity index (χ4v) is 3.97. The Labute approximate surface area is 175 Å². The monoisotopic (exact) mass is 400 g/mol. The number of H-pyrrole nitrogens is 1. The van der Waals surface area contributed by atoms with Crippen LogP contribution in [0.3, 0.4) is 0 Å². The van der Waals surface area contributed by atoms with Crippen molar-refractivity contribution in [1.82, 2.24) is 9.97 Å². The van der Waals surface area contributed by atoms with Crippen molar-refractivity contribution in [2.24, 2.45) is 5.92 Å². The van der Waals surface area contributed by atoms with Crippen molar-refractivity contribution in [3.63, 3.8) is 0 Å². The van der Waals surface area contributed by atoms with Crippen LogP contribution in [0.4, 0.5) is 5.95 Å². The Morgan fingerprint density at radius 3 is 2.47 bits per heavy atom. The number of rotatable bonds is 5. The molecule has 6 nitrogen and oxygen atoms in total. The Hall–Kier alpha value is -3.59. The number of piperidine rings is 1. The summed E-state index contributed by atoms with van der Waals surface area (Å²) in [6, 6.07) is 19.8. The maximum atomic E-state index is 12.6. The summed E-state index contributed by atoms with van der Waals surface area (Å²) in [5.41, 5.74) is 2.12. The van der Waals surface area contributed by atoms with E-state index in [-0.39, 0.29) is 5.56 Å². The molecule has 2 aromatic carbocycles. The van der Waals surface area contributed by atoms with E-state index in [1.54, 1.807) is 19.2 Å². The highest BCUT2D eigenvalue weighted by Gasteiger charge is 2.23. The van der Waals surface area contributed by atoms with E-state index in [0.717, 1.165) is 37.9 Å². The van der Waals surface area contributed by atoms with Crippen LogP contribution in [0, 0.1) is 17.2 Å². The fourth-order valence-electron chi connectivity index (χ4n) is 3.97. The third-order valence-electron chi connectivity index (χ3n) is 5.66. The molecule has 152 valence electrons. The van der Waals surface area contributed by atoms with Gasteiger partial charge in [0, 0.05) is 18.7 Å². The van der Waals surface area contributed by atoms with E-state index in [4.69, 9.17) is 4.74 Å². The number of aromatic amines is 1. The molecular weight excluding hydrogens is 376 g/mol. The lowest BCUT2D eigenvalue weighted by atomic mass is 9.90. The van der Waals surface area contributed by atoms with Crippen molar-refractivity contribution in [3.8, 4) is 23.1 Å². The van der Waals surface area contributed by atoms with Crippen molar-refractivity contribution in [1.29, 1.82) is 5.26 Å². The summed E-state index contributed by atoms with van der Waals surface area (Å²) in [5, 5.41) is 9.49. The number of nitriles is 1. The molecule has 0 bridgehead atoms. The third kappa shape index (κ3) is 4.20. The Balaban J connectivity index is 1.54. The molecule has 0 atom stereocenters. The lowest BCUT2D eigenvalue weighted by Gasteiger charge is -2.32. The number of hydrogen-bond donors (Lipinski definition) is 1. The highest BCUT2D eigenvalue weighted by Crippen LogP contribution is 2.27. The average molecular weight is 400 g/mol. The van der Waals surface area contributed by atoms with Crippen molar-refractivity contribution in [2.75, 3.05) is 25.1 Å². The van der Waals surface area contributed by atoms with Gasteiger partial charge in [-0.15, -0.1) is 0 Å². The van der Waals surface area contributed by atoms with E-state index in [9.17, 15) is 10.1 Å². The zero-order chi connectivity index (χ0) is 20.9. The van der Waals surface area contributed by atoms with E-state index in [1.807, 2.05) is 24.3 Å². The minimum absolute atomic E-state index is 0.0304. The van der Waals surface area contributed by atoms with Crippen LogP contribution < -0.4 is 15.2 Å². The zero-order valence-corrected chi connectivity index (χ0v) is 17.0. The largest absolute Gasteiger partial charge is 0.497 e. The molecule has 0 amide bonds. The molecule has 1 fully saturated rings. The minimum atomic E-state index is -0.403. The van der Waals surface area contributed by atoms with Gasteiger partial charge in [-0.1, -0.05) is 30.3 Å². The maximum absolute atomic E-state index is 12.6. The SMILES string of the molecule is COc1ccc(-c2nc(N3CCC(Cc4ccccc4)CC3)[nH]c(=O)c2C#N)cc1. The quantitative estimate of drug-likeness (QED) is 0.705. The number of hydrogen-bond acceptors (Lipinski definition) is 5. The van der Waals surface area contributed by atoms with Gasteiger partial charge in [0.15, 0.2) is 0 Å². The van der Waals surface area contributed by atoms with Gasteiger partial charge in [0.2, 0.25) is 5.95 Å². The molecule has 0 spiro atoms. The van der Waals surface area contributed by atoms with Crippen LogP contribution >= 0.6 is 0 Å². The molecule has 1 N–H and O–H groups in total. The van der Waals surface area contributed by atoms with Crippen molar-refractivity contribution < 1.29 is 4.74 Å². The molecule has 1 saturated heterocycles. The highest BCUT2D eigenvalue weighted by molar-refractivity contribution is 5.67. The van der Waals surface area contributed by atoms with E-state index in [1.165, 1.54) is 5.56 Å². The Kier molecular flexibility index (Phi) is 5.80. The second-order valence-electron chi connectivity index (χ2n) is 7.57. The molecule has 1 aliphatic heterocycles. The molecule has 2 heterocycles. The predicted octanol–water partition coefficient (Wildman–Crippen LogP) is 3.78. The highest BCUT2D eigenvalue weighted by atomic mass is 16.5. The van der Waals surface area contributed by atoms with Crippen LogP contribution in [0.5, 0.6) is 5.75 Å². The second kappa shape index (κ2) is 8.83. The number of methoxy groups -OCH3 is 1. The van der Waals surface area contributed by atoms with Crippen LogP contribution in [-0.4, -0.2) is 30.2 Å². The van der Waals surface area contributed by atoms with Gasteiger partial charge < -0.3 is 9.64 Å². The molecule has 0 radical (unpaired) electrons.